The van der Waals surface area contributed by atoms with Crippen molar-refractivity contribution >= 4 is 12.2 Å². The number of hydrogen-bond acceptors (Lipinski definition) is 2. The SMILES string of the molecule is NC(=O)NN=CC1CCc2ccccc2C1. The van der Waals surface area contributed by atoms with Gasteiger partial charge in [0.1, 0.15) is 0 Å². The smallest absolute Gasteiger partial charge is 0.332 e. The van der Waals surface area contributed by atoms with Crippen LogP contribution in [-0.4, -0.2) is 12.2 Å². The summed E-state index contributed by atoms with van der Waals surface area (Å²) in [6, 6.07) is 7.83. The molecule has 0 radical (unpaired) electrons. The van der Waals surface area contributed by atoms with Gasteiger partial charge in [0.15, 0.2) is 0 Å². The molecule has 0 saturated heterocycles. The van der Waals surface area contributed by atoms with Gasteiger partial charge in [-0.3, -0.25) is 0 Å². The molecule has 0 fully saturated rings. The van der Waals surface area contributed by atoms with Crippen molar-refractivity contribution in [3.05, 3.63) is 35.4 Å². The van der Waals surface area contributed by atoms with E-state index in [-0.39, 0.29) is 0 Å². The van der Waals surface area contributed by atoms with Gasteiger partial charge in [-0.2, -0.15) is 5.10 Å². The van der Waals surface area contributed by atoms with Crippen LogP contribution < -0.4 is 11.2 Å². The zero-order valence-electron chi connectivity index (χ0n) is 9.02. The Morgan fingerprint density at radius 3 is 2.94 bits per heavy atom. The van der Waals surface area contributed by atoms with Crippen LogP contribution in [0.5, 0.6) is 0 Å². The van der Waals surface area contributed by atoms with Crippen molar-refractivity contribution in [3.8, 4) is 0 Å². The molecule has 2 amide bonds. The maximum Gasteiger partial charge on any atom is 0.332 e. The lowest BCUT2D eigenvalue weighted by atomic mass is 9.85. The van der Waals surface area contributed by atoms with Gasteiger partial charge in [0.25, 0.3) is 0 Å². The lowest BCUT2D eigenvalue weighted by molar-refractivity contribution is 0.249. The number of fused-ring (bicyclic) bond motifs is 1. The number of carbonyl (C=O) groups is 1. The second kappa shape index (κ2) is 4.79. The van der Waals surface area contributed by atoms with Crippen LogP contribution in [0.1, 0.15) is 17.5 Å². The van der Waals surface area contributed by atoms with Crippen LogP contribution in [0.4, 0.5) is 4.79 Å². The molecule has 3 N–H and O–H groups in total. The van der Waals surface area contributed by atoms with Gasteiger partial charge in [-0.05, 0) is 30.4 Å². The molecule has 1 aliphatic carbocycles. The van der Waals surface area contributed by atoms with Crippen molar-refractivity contribution in [2.75, 3.05) is 0 Å². The van der Waals surface area contributed by atoms with Crippen LogP contribution in [0, 0.1) is 5.92 Å². The number of urea groups is 1. The van der Waals surface area contributed by atoms with Crippen molar-refractivity contribution in [2.45, 2.75) is 19.3 Å². The molecule has 4 nitrogen and oxygen atoms in total. The normalized spacial score (nSPS) is 19.4. The molecule has 2 rings (SSSR count). The number of nitrogens with one attached hydrogen (secondary N) is 1. The van der Waals surface area contributed by atoms with Crippen LogP contribution in [0.25, 0.3) is 0 Å². The third kappa shape index (κ3) is 2.59. The molecule has 0 aliphatic heterocycles. The fourth-order valence-electron chi connectivity index (χ4n) is 2.06. The second-order valence-corrected chi connectivity index (χ2v) is 4.03. The molecule has 1 atom stereocenters. The molecule has 0 aromatic heterocycles. The molecule has 0 bridgehead atoms. The first-order chi connectivity index (χ1) is 7.75. The maximum absolute atomic E-state index is 10.4. The number of benzene rings is 1. The minimum absolute atomic E-state index is 0.391. The molecule has 0 spiro atoms. The first-order valence-corrected chi connectivity index (χ1v) is 5.41. The highest BCUT2D eigenvalue weighted by Crippen LogP contribution is 2.23. The van der Waals surface area contributed by atoms with Crippen LogP contribution >= 0.6 is 0 Å². The Kier molecular flexibility index (Phi) is 3.19. The average Bonchev–Trinajstić information content (AvgIpc) is 2.28. The summed E-state index contributed by atoms with van der Waals surface area (Å²) in [6.45, 7) is 0. The highest BCUT2D eigenvalue weighted by Gasteiger charge is 2.16. The molecule has 84 valence electrons. The number of nitrogens with two attached hydrogens (primary N) is 1. The van der Waals surface area contributed by atoms with E-state index in [0.717, 1.165) is 19.3 Å². The summed E-state index contributed by atoms with van der Waals surface area (Å²) in [5.41, 5.74) is 9.95. The van der Waals surface area contributed by atoms with Crippen molar-refractivity contribution in [1.29, 1.82) is 0 Å². The molecule has 0 heterocycles. The predicted octanol–water partition coefficient (Wildman–Crippen LogP) is 1.45. The Bertz CT molecular complexity index is 414. The average molecular weight is 217 g/mol. The molecular weight excluding hydrogens is 202 g/mol. The lowest BCUT2D eigenvalue weighted by Crippen LogP contribution is -2.25. The molecule has 1 unspecified atom stereocenters. The minimum Gasteiger partial charge on any atom is -0.350 e. The standard InChI is InChI=1S/C12H15N3O/c13-12(16)15-14-8-9-5-6-10-3-1-2-4-11(10)7-9/h1-4,8-9H,5-7H2,(H3,13,15,16). The van der Waals surface area contributed by atoms with Crippen LogP contribution in [0.3, 0.4) is 0 Å². The molecule has 16 heavy (non-hydrogen) atoms. The van der Waals surface area contributed by atoms with Crippen LogP contribution in [0.15, 0.2) is 29.4 Å². The van der Waals surface area contributed by atoms with E-state index in [9.17, 15) is 4.79 Å². The predicted molar refractivity (Wildman–Crippen MR) is 63.2 cm³/mol. The van der Waals surface area contributed by atoms with Crippen LogP contribution in [-0.2, 0) is 12.8 Å². The molecule has 0 saturated carbocycles. The van der Waals surface area contributed by atoms with E-state index in [4.69, 9.17) is 5.73 Å². The summed E-state index contributed by atoms with van der Waals surface area (Å²) < 4.78 is 0. The fraction of sp³-hybridized carbons (Fsp3) is 0.333. The van der Waals surface area contributed by atoms with Crippen molar-refractivity contribution < 1.29 is 4.79 Å². The van der Waals surface area contributed by atoms with Crippen LogP contribution in [0.2, 0.25) is 0 Å². The number of primary amides is 1. The summed E-state index contributed by atoms with van der Waals surface area (Å²) >= 11 is 0. The van der Waals surface area contributed by atoms with Gasteiger partial charge in [-0.15, -0.1) is 0 Å². The Labute approximate surface area is 94.5 Å². The first kappa shape index (κ1) is 10.7. The number of amides is 2. The Morgan fingerprint density at radius 1 is 1.44 bits per heavy atom. The molecule has 4 heteroatoms. The number of nitrogens with zero attached hydrogens (tertiary/aromatic N) is 1. The highest BCUT2D eigenvalue weighted by atomic mass is 16.2. The second-order valence-electron chi connectivity index (χ2n) is 4.03. The Hall–Kier alpha value is -1.84. The molecule has 1 aliphatic rings. The van der Waals surface area contributed by atoms with Crippen molar-refractivity contribution in [1.82, 2.24) is 5.43 Å². The molecular formula is C12H15N3O. The maximum atomic E-state index is 10.4. The molecule has 1 aromatic carbocycles. The quantitative estimate of drug-likeness (QED) is 0.571. The van der Waals surface area contributed by atoms with E-state index in [2.05, 4.69) is 34.8 Å². The number of hydrogen-bond donors (Lipinski definition) is 2. The lowest BCUT2D eigenvalue weighted by Gasteiger charge is -2.21. The van der Waals surface area contributed by atoms with Gasteiger partial charge in [0.2, 0.25) is 0 Å². The van der Waals surface area contributed by atoms with E-state index in [0.29, 0.717) is 5.92 Å². The summed E-state index contributed by atoms with van der Waals surface area (Å²) in [6.07, 6.45) is 4.91. The summed E-state index contributed by atoms with van der Waals surface area (Å²) in [7, 11) is 0. The monoisotopic (exact) mass is 217 g/mol. The summed E-state index contributed by atoms with van der Waals surface area (Å²) in [4.78, 5) is 10.4. The largest absolute Gasteiger partial charge is 0.350 e. The fourth-order valence-corrected chi connectivity index (χ4v) is 2.06. The molecule has 1 aromatic rings. The van der Waals surface area contributed by atoms with Crippen molar-refractivity contribution in [3.63, 3.8) is 0 Å². The highest BCUT2D eigenvalue weighted by molar-refractivity contribution is 5.73. The van der Waals surface area contributed by atoms with Gasteiger partial charge in [-0.25, -0.2) is 10.2 Å². The van der Waals surface area contributed by atoms with E-state index in [1.54, 1.807) is 6.21 Å². The third-order valence-corrected chi connectivity index (χ3v) is 2.85. The van der Waals surface area contributed by atoms with E-state index < -0.39 is 6.03 Å². The Morgan fingerprint density at radius 2 is 2.19 bits per heavy atom. The first-order valence-electron chi connectivity index (χ1n) is 5.41. The van der Waals surface area contributed by atoms with E-state index in [1.165, 1.54) is 11.1 Å². The van der Waals surface area contributed by atoms with Crippen molar-refractivity contribution in [2.24, 2.45) is 16.8 Å². The minimum atomic E-state index is -0.618. The number of rotatable bonds is 2. The summed E-state index contributed by atoms with van der Waals surface area (Å²) in [5.74, 6) is 0.391. The topological polar surface area (TPSA) is 67.5 Å². The van der Waals surface area contributed by atoms with E-state index >= 15 is 0 Å². The van der Waals surface area contributed by atoms with Gasteiger partial charge in [0, 0.05) is 12.1 Å². The van der Waals surface area contributed by atoms with Gasteiger partial charge >= 0.3 is 6.03 Å². The van der Waals surface area contributed by atoms with Gasteiger partial charge < -0.3 is 5.73 Å². The third-order valence-electron chi connectivity index (χ3n) is 2.85. The van der Waals surface area contributed by atoms with Gasteiger partial charge in [0.05, 0.1) is 0 Å². The van der Waals surface area contributed by atoms with Gasteiger partial charge in [-0.1, -0.05) is 24.3 Å². The zero-order valence-corrected chi connectivity index (χ0v) is 9.02. The number of hydrazone groups is 1. The zero-order chi connectivity index (χ0) is 11.4. The summed E-state index contributed by atoms with van der Waals surface area (Å²) in [5, 5.41) is 3.82. The van der Waals surface area contributed by atoms with E-state index in [1.807, 2.05) is 0 Å². The number of carbonyl (C=O) groups excluding carboxylic acids is 1. The number of aryl methyl sites for hydroxylation is 1. The Balaban J connectivity index is 1.97.